The number of hydrogen-bond acceptors (Lipinski definition) is 7. The molecule has 146 valence electrons. The van der Waals surface area contributed by atoms with Crippen LogP contribution in [0.1, 0.15) is 6.42 Å². The van der Waals surface area contributed by atoms with Crippen LogP contribution in [0.15, 0.2) is 24.3 Å². The highest BCUT2D eigenvalue weighted by atomic mass is 32.2. The fourth-order valence-electron chi connectivity index (χ4n) is 4.21. The summed E-state index contributed by atoms with van der Waals surface area (Å²) in [5.74, 6) is 2.09. The Balaban J connectivity index is 1.32. The van der Waals surface area contributed by atoms with Crippen molar-refractivity contribution in [1.29, 1.82) is 0 Å². The number of nitro groups is 1. The number of piperazine rings is 1. The molecule has 9 heteroatoms. The Hall–Kier alpha value is -1.84. The number of thioether (sulfide) groups is 1. The second kappa shape index (κ2) is 8.04. The largest absolute Gasteiger partial charge is 0.363 e. The summed E-state index contributed by atoms with van der Waals surface area (Å²) < 4.78 is 0. The summed E-state index contributed by atoms with van der Waals surface area (Å²) >= 11 is 1.81. The molecule has 3 saturated heterocycles. The molecule has 0 unspecified atom stereocenters. The predicted molar refractivity (Wildman–Crippen MR) is 106 cm³/mol. The van der Waals surface area contributed by atoms with Crippen LogP contribution in [0, 0.1) is 10.1 Å². The van der Waals surface area contributed by atoms with Crippen molar-refractivity contribution in [3.8, 4) is 0 Å². The number of nitrogens with zero attached hydrogens (tertiary/aromatic N) is 4. The highest BCUT2D eigenvalue weighted by Crippen LogP contribution is 2.29. The van der Waals surface area contributed by atoms with E-state index in [1.165, 1.54) is 0 Å². The smallest absolute Gasteiger partial charge is 0.292 e. The van der Waals surface area contributed by atoms with E-state index in [0.29, 0.717) is 11.7 Å². The van der Waals surface area contributed by atoms with Crippen LogP contribution in [-0.2, 0) is 4.79 Å². The standard InChI is InChI=1S/C18H25N5O3S/c24-18(22-9-10-27-13-22)15-11-14(12-19-15)20-5-7-21(8-6-20)16-3-1-2-4-17(16)23(25)26/h1-4,14-15,19H,5-13H2/t14-,15-/m0/s1. The molecule has 0 spiro atoms. The highest BCUT2D eigenvalue weighted by molar-refractivity contribution is 7.99. The first-order chi connectivity index (χ1) is 13.1. The summed E-state index contributed by atoms with van der Waals surface area (Å²) in [5, 5.41) is 14.7. The number of carbonyl (C=O) groups excluding carboxylic acids is 1. The fourth-order valence-corrected chi connectivity index (χ4v) is 5.16. The van der Waals surface area contributed by atoms with E-state index in [-0.39, 0.29) is 22.6 Å². The molecule has 3 heterocycles. The van der Waals surface area contributed by atoms with E-state index in [4.69, 9.17) is 0 Å². The number of rotatable bonds is 4. The van der Waals surface area contributed by atoms with E-state index >= 15 is 0 Å². The van der Waals surface area contributed by atoms with Gasteiger partial charge in [-0.05, 0) is 12.5 Å². The second-order valence-corrected chi connectivity index (χ2v) is 8.33. The summed E-state index contributed by atoms with van der Waals surface area (Å²) in [5.41, 5.74) is 0.869. The van der Waals surface area contributed by atoms with Gasteiger partial charge in [-0.1, -0.05) is 12.1 Å². The number of benzene rings is 1. The zero-order valence-electron chi connectivity index (χ0n) is 15.2. The van der Waals surface area contributed by atoms with E-state index in [0.717, 1.165) is 57.3 Å². The molecule has 0 radical (unpaired) electrons. The molecule has 3 aliphatic heterocycles. The normalized spacial score (nSPS) is 26.5. The number of para-hydroxylation sites is 2. The Morgan fingerprint density at radius 2 is 1.96 bits per heavy atom. The van der Waals surface area contributed by atoms with Crippen LogP contribution in [0.3, 0.4) is 0 Å². The molecule has 3 fully saturated rings. The van der Waals surface area contributed by atoms with Crippen molar-refractivity contribution in [1.82, 2.24) is 15.1 Å². The van der Waals surface area contributed by atoms with E-state index in [9.17, 15) is 14.9 Å². The number of amides is 1. The molecule has 1 aromatic carbocycles. The molecule has 27 heavy (non-hydrogen) atoms. The first kappa shape index (κ1) is 18.5. The molecule has 4 rings (SSSR count). The Morgan fingerprint density at radius 3 is 2.67 bits per heavy atom. The molecule has 0 saturated carbocycles. The van der Waals surface area contributed by atoms with E-state index in [1.807, 2.05) is 28.8 Å². The van der Waals surface area contributed by atoms with Crippen molar-refractivity contribution < 1.29 is 9.72 Å². The lowest BCUT2D eigenvalue weighted by molar-refractivity contribution is -0.384. The van der Waals surface area contributed by atoms with Gasteiger partial charge in [0.25, 0.3) is 5.69 Å². The lowest BCUT2D eigenvalue weighted by atomic mass is 10.1. The van der Waals surface area contributed by atoms with Crippen molar-refractivity contribution in [2.75, 3.05) is 55.8 Å². The van der Waals surface area contributed by atoms with Crippen molar-refractivity contribution in [2.24, 2.45) is 0 Å². The topological polar surface area (TPSA) is 82.0 Å². The van der Waals surface area contributed by atoms with Crippen molar-refractivity contribution in [3.05, 3.63) is 34.4 Å². The lowest BCUT2D eigenvalue weighted by Gasteiger charge is -2.38. The fraction of sp³-hybridized carbons (Fsp3) is 0.611. The van der Waals surface area contributed by atoms with Gasteiger partial charge in [0.2, 0.25) is 5.91 Å². The zero-order valence-corrected chi connectivity index (χ0v) is 16.1. The van der Waals surface area contributed by atoms with Crippen LogP contribution in [0.2, 0.25) is 0 Å². The molecular formula is C18H25N5O3S. The Bertz CT molecular complexity index is 704. The van der Waals surface area contributed by atoms with Gasteiger partial charge < -0.3 is 15.1 Å². The number of anilines is 1. The average Bonchev–Trinajstić information content (AvgIpc) is 3.40. The third kappa shape index (κ3) is 3.90. The quantitative estimate of drug-likeness (QED) is 0.605. The second-order valence-electron chi connectivity index (χ2n) is 7.26. The van der Waals surface area contributed by atoms with Crippen molar-refractivity contribution in [3.63, 3.8) is 0 Å². The first-order valence-electron chi connectivity index (χ1n) is 9.46. The van der Waals surface area contributed by atoms with E-state index in [2.05, 4.69) is 15.1 Å². The molecule has 1 aromatic rings. The maximum absolute atomic E-state index is 12.6. The molecular weight excluding hydrogens is 366 g/mol. The number of nitrogens with one attached hydrogen (secondary N) is 1. The Morgan fingerprint density at radius 1 is 1.19 bits per heavy atom. The van der Waals surface area contributed by atoms with Crippen molar-refractivity contribution in [2.45, 2.75) is 18.5 Å². The van der Waals surface area contributed by atoms with Crippen LogP contribution in [-0.4, -0.2) is 83.6 Å². The molecule has 2 atom stereocenters. The average molecular weight is 391 g/mol. The predicted octanol–water partition coefficient (Wildman–Crippen LogP) is 0.980. The Labute approximate surface area is 163 Å². The van der Waals surface area contributed by atoms with Gasteiger partial charge in [-0.15, -0.1) is 11.8 Å². The summed E-state index contributed by atoms with van der Waals surface area (Å²) in [4.78, 5) is 30.0. The van der Waals surface area contributed by atoms with Gasteiger partial charge >= 0.3 is 0 Å². The third-order valence-corrected chi connectivity index (χ3v) is 6.69. The molecule has 0 aromatic heterocycles. The molecule has 8 nitrogen and oxygen atoms in total. The van der Waals surface area contributed by atoms with E-state index in [1.54, 1.807) is 12.1 Å². The van der Waals surface area contributed by atoms with Crippen LogP contribution in [0.4, 0.5) is 11.4 Å². The van der Waals surface area contributed by atoms with Gasteiger partial charge in [0.15, 0.2) is 0 Å². The van der Waals surface area contributed by atoms with Gasteiger partial charge in [-0.25, -0.2) is 0 Å². The molecule has 1 N–H and O–H groups in total. The van der Waals surface area contributed by atoms with E-state index < -0.39 is 0 Å². The number of carbonyl (C=O) groups is 1. The summed E-state index contributed by atoms with van der Waals surface area (Å²) in [6.07, 6.45) is 0.853. The minimum atomic E-state index is -0.310. The van der Waals surface area contributed by atoms with Crippen LogP contribution in [0.5, 0.6) is 0 Å². The highest BCUT2D eigenvalue weighted by Gasteiger charge is 2.37. The maximum Gasteiger partial charge on any atom is 0.292 e. The molecule has 3 aliphatic rings. The summed E-state index contributed by atoms with van der Waals surface area (Å²) in [6.45, 7) is 4.95. The van der Waals surface area contributed by atoms with Gasteiger partial charge in [0.1, 0.15) is 5.69 Å². The first-order valence-corrected chi connectivity index (χ1v) is 10.6. The van der Waals surface area contributed by atoms with Gasteiger partial charge in [0, 0.05) is 57.1 Å². The molecule has 1 amide bonds. The summed E-state index contributed by atoms with van der Waals surface area (Å²) in [7, 11) is 0. The van der Waals surface area contributed by atoms with Gasteiger partial charge in [-0.3, -0.25) is 19.8 Å². The summed E-state index contributed by atoms with van der Waals surface area (Å²) in [6, 6.07) is 7.24. The molecule has 0 bridgehead atoms. The molecule has 0 aliphatic carbocycles. The van der Waals surface area contributed by atoms with Crippen LogP contribution < -0.4 is 10.2 Å². The SMILES string of the molecule is O=C([C@@H]1C[C@H](N2CCN(c3ccccc3[N+](=O)[O-])CC2)CN1)N1CCSC1. The van der Waals surface area contributed by atoms with Gasteiger partial charge in [-0.2, -0.15) is 0 Å². The maximum atomic E-state index is 12.6. The zero-order chi connectivity index (χ0) is 18.8. The van der Waals surface area contributed by atoms with Crippen molar-refractivity contribution >= 4 is 29.0 Å². The van der Waals surface area contributed by atoms with Gasteiger partial charge in [0.05, 0.1) is 16.8 Å². The minimum Gasteiger partial charge on any atom is -0.363 e. The van der Waals surface area contributed by atoms with Crippen LogP contribution in [0.25, 0.3) is 0 Å². The lowest BCUT2D eigenvalue weighted by Crippen LogP contribution is -2.51. The van der Waals surface area contributed by atoms with Crippen LogP contribution >= 0.6 is 11.8 Å². The number of hydrogen-bond donors (Lipinski definition) is 1. The number of nitro benzene ring substituents is 1. The third-order valence-electron chi connectivity index (χ3n) is 5.72. The Kier molecular flexibility index (Phi) is 5.51. The minimum absolute atomic E-state index is 0.0676. The monoisotopic (exact) mass is 391 g/mol.